The van der Waals surface area contributed by atoms with E-state index >= 15 is 0 Å². The molecule has 0 aliphatic rings. The molecule has 4 aromatic heterocycles. The Morgan fingerprint density at radius 2 is 1.91 bits per heavy atom. The Balaban J connectivity index is 1.79. The minimum Gasteiger partial charge on any atom is -0.323 e. The third-order valence-electron chi connectivity index (χ3n) is 3.48. The van der Waals surface area contributed by atoms with Gasteiger partial charge in [-0.25, -0.2) is 4.98 Å². The molecular formula is C14H14N8O. The van der Waals surface area contributed by atoms with Gasteiger partial charge in [0.05, 0.1) is 29.3 Å². The van der Waals surface area contributed by atoms with Gasteiger partial charge in [0.2, 0.25) is 5.95 Å². The van der Waals surface area contributed by atoms with Crippen molar-refractivity contribution in [2.24, 2.45) is 14.1 Å². The summed E-state index contributed by atoms with van der Waals surface area (Å²) < 4.78 is 5.11. The normalized spacial score (nSPS) is 11.2. The third-order valence-corrected chi connectivity index (χ3v) is 3.48. The molecule has 0 aliphatic heterocycles. The van der Waals surface area contributed by atoms with Crippen molar-refractivity contribution in [1.29, 1.82) is 0 Å². The molecule has 0 fully saturated rings. The van der Waals surface area contributed by atoms with E-state index in [1.807, 2.05) is 20.3 Å². The monoisotopic (exact) mass is 310 g/mol. The molecule has 0 aliphatic carbocycles. The first kappa shape index (κ1) is 13.3. The predicted octanol–water partition coefficient (Wildman–Crippen LogP) is 0.924. The fourth-order valence-electron chi connectivity index (χ4n) is 2.48. The van der Waals surface area contributed by atoms with E-state index in [9.17, 15) is 4.79 Å². The molecule has 23 heavy (non-hydrogen) atoms. The average Bonchev–Trinajstić information content (AvgIpc) is 3.19. The summed E-state index contributed by atoms with van der Waals surface area (Å²) in [5.41, 5.74) is 2.42. The fourth-order valence-corrected chi connectivity index (χ4v) is 2.48. The second kappa shape index (κ2) is 4.83. The SMILES string of the molecule is Cn1cc(Nc2nc3ccn(-c4cnn(C)c4)c3c(=O)[nH]2)cn1. The molecule has 9 nitrogen and oxygen atoms in total. The van der Waals surface area contributed by atoms with Crippen LogP contribution >= 0.6 is 0 Å². The van der Waals surface area contributed by atoms with Crippen LogP contribution in [0.3, 0.4) is 0 Å². The Kier molecular flexibility index (Phi) is 2.80. The number of hydrogen-bond acceptors (Lipinski definition) is 5. The van der Waals surface area contributed by atoms with Gasteiger partial charge < -0.3 is 9.88 Å². The lowest BCUT2D eigenvalue weighted by atomic mass is 10.4. The molecule has 4 rings (SSSR count). The van der Waals surface area contributed by atoms with Gasteiger partial charge in [-0.3, -0.25) is 19.1 Å². The first-order valence-corrected chi connectivity index (χ1v) is 6.96. The standard InChI is InChI=1S/C14H14N8O/c1-20-7-9(5-15-20)17-14-18-11-3-4-22(12(11)13(23)19-14)10-6-16-21(2)8-10/h3-8H,1-2H3,(H2,17,18,19,23). The van der Waals surface area contributed by atoms with Crippen molar-refractivity contribution in [2.45, 2.75) is 0 Å². The summed E-state index contributed by atoms with van der Waals surface area (Å²) in [5.74, 6) is 0.374. The maximum atomic E-state index is 12.5. The molecule has 0 spiro atoms. The number of rotatable bonds is 3. The van der Waals surface area contributed by atoms with Crippen molar-refractivity contribution >= 4 is 22.7 Å². The van der Waals surface area contributed by atoms with Crippen molar-refractivity contribution in [3.8, 4) is 5.69 Å². The Morgan fingerprint density at radius 1 is 1.13 bits per heavy atom. The molecule has 0 atom stereocenters. The molecule has 116 valence electrons. The van der Waals surface area contributed by atoms with Crippen LogP contribution < -0.4 is 10.9 Å². The molecule has 9 heteroatoms. The van der Waals surface area contributed by atoms with E-state index < -0.39 is 0 Å². The number of nitrogens with one attached hydrogen (secondary N) is 2. The summed E-state index contributed by atoms with van der Waals surface area (Å²) in [6.45, 7) is 0. The van der Waals surface area contributed by atoms with Crippen molar-refractivity contribution in [3.05, 3.63) is 47.4 Å². The topological polar surface area (TPSA) is 98.4 Å². The fraction of sp³-hybridized carbons (Fsp3) is 0.143. The van der Waals surface area contributed by atoms with Gasteiger partial charge in [0.15, 0.2) is 0 Å². The molecule has 0 bridgehead atoms. The number of anilines is 2. The predicted molar refractivity (Wildman–Crippen MR) is 84.9 cm³/mol. The van der Waals surface area contributed by atoms with Crippen LogP contribution in [-0.2, 0) is 14.1 Å². The van der Waals surface area contributed by atoms with Crippen LogP contribution in [0.4, 0.5) is 11.6 Å². The number of fused-ring (bicyclic) bond motifs is 1. The van der Waals surface area contributed by atoms with Gasteiger partial charge in [-0.15, -0.1) is 0 Å². The lowest BCUT2D eigenvalue weighted by Gasteiger charge is -2.04. The van der Waals surface area contributed by atoms with Crippen LogP contribution in [0.25, 0.3) is 16.7 Å². The zero-order chi connectivity index (χ0) is 16.0. The molecule has 0 amide bonds. The molecular weight excluding hydrogens is 296 g/mol. The second-order valence-electron chi connectivity index (χ2n) is 5.23. The highest BCUT2D eigenvalue weighted by molar-refractivity contribution is 5.78. The Labute approximate surface area is 130 Å². The van der Waals surface area contributed by atoms with E-state index in [2.05, 4.69) is 25.5 Å². The summed E-state index contributed by atoms with van der Waals surface area (Å²) >= 11 is 0. The van der Waals surface area contributed by atoms with Crippen molar-refractivity contribution in [3.63, 3.8) is 0 Å². The molecule has 4 heterocycles. The van der Waals surface area contributed by atoms with E-state index in [0.29, 0.717) is 17.0 Å². The van der Waals surface area contributed by atoms with Crippen LogP contribution in [0.5, 0.6) is 0 Å². The molecule has 0 unspecified atom stereocenters. The van der Waals surface area contributed by atoms with Gasteiger partial charge >= 0.3 is 0 Å². The van der Waals surface area contributed by atoms with Gasteiger partial charge in [-0.05, 0) is 6.07 Å². The lowest BCUT2D eigenvalue weighted by Crippen LogP contribution is -2.13. The van der Waals surface area contributed by atoms with Gasteiger partial charge in [-0.1, -0.05) is 0 Å². The highest BCUT2D eigenvalue weighted by Gasteiger charge is 2.11. The third kappa shape index (κ3) is 2.27. The molecule has 2 N–H and O–H groups in total. The number of hydrogen-bond donors (Lipinski definition) is 2. The number of aromatic nitrogens is 7. The summed E-state index contributed by atoms with van der Waals surface area (Å²) in [6.07, 6.45) is 8.79. The molecule has 4 aromatic rings. The largest absolute Gasteiger partial charge is 0.323 e. The molecule has 0 saturated heterocycles. The highest BCUT2D eigenvalue weighted by Crippen LogP contribution is 2.17. The summed E-state index contributed by atoms with van der Waals surface area (Å²) in [7, 11) is 3.64. The Morgan fingerprint density at radius 3 is 2.61 bits per heavy atom. The number of nitrogens with zero attached hydrogens (tertiary/aromatic N) is 6. The van der Waals surface area contributed by atoms with E-state index in [4.69, 9.17) is 0 Å². The van der Waals surface area contributed by atoms with Gasteiger partial charge in [0, 0.05) is 32.7 Å². The summed E-state index contributed by atoms with van der Waals surface area (Å²) in [4.78, 5) is 19.6. The van der Waals surface area contributed by atoms with E-state index in [-0.39, 0.29) is 5.56 Å². The average molecular weight is 310 g/mol. The Hall–Kier alpha value is -3.36. The van der Waals surface area contributed by atoms with Crippen molar-refractivity contribution < 1.29 is 0 Å². The van der Waals surface area contributed by atoms with Gasteiger partial charge in [-0.2, -0.15) is 10.2 Å². The molecule has 0 saturated carbocycles. The van der Waals surface area contributed by atoms with Crippen molar-refractivity contribution in [2.75, 3.05) is 5.32 Å². The first-order valence-electron chi connectivity index (χ1n) is 6.96. The zero-order valence-electron chi connectivity index (χ0n) is 12.6. The first-order chi connectivity index (χ1) is 11.1. The van der Waals surface area contributed by atoms with Crippen LogP contribution in [0.2, 0.25) is 0 Å². The van der Waals surface area contributed by atoms with E-state index in [1.165, 1.54) is 0 Å². The molecule has 0 radical (unpaired) electrons. The van der Waals surface area contributed by atoms with Gasteiger partial charge in [0.25, 0.3) is 5.56 Å². The lowest BCUT2D eigenvalue weighted by molar-refractivity contribution is 0.767. The quantitative estimate of drug-likeness (QED) is 0.586. The number of aromatic amines is 1. The van der Waals surface area contributed by atoms with Crippen LogP contribution in [0, 0.1) is 0 Å². The van der Waals surface area contributed by atoms with E-state index in [0.717, 1.165) is 11.4 Å². The minimum absolute atomic E-state index is 0.227. The summed E-state index contributed by atoms with van der Waals surface area (Å²) in [5, 5.41) is 11.2. The maximum absolute atomic E-state index is 12.5. The number of aryl methyl sites for hydroxylation is 2. The van der Waals surface area contributed by atoms with Gasteiger partial charge in [0.1, 0.15) is 5.52 Å². The summed E-state index contributed by atoms with van der Waals surface area (Å²) in [6, 6.07) is 1.80. The van der Waals surface area contributed by atoms with Crippen molar-refractivity contribution in [1.82, 2.24) is 34.1 Å². The Bertz CT molecular complexity index is 1050. The van der Waals surface area contributed by atoms with Crippen LogP contribution in [-0.4, -0.2) is 34.1 Å². The van der Waals surface area contributed by atoms with Crippen LogP contribution in [0.1, 0.15) is 0 Å². The minimum atomic E-state index is -0.227. The van der Waals surface area contributed by atoms with E-state index in [1.54, 1.807) is 44.8 Å². The maximum Gasteiger partial charge on any atom is 0.277 e. The number of H-pyrrole nitrogens is 1. The second-order valence-corrected chi connectivity index (χ2v) is 5.23. The highest BCUT2D eigenvalue weighted by atomic mass is 16.1. The smallest absolute Gasteiger partial charge is 0.277 e. The zero-order valence-corrected chi connectivity index (χ0v) is 12.6. The molecule has 0 aromatic carbocycles. The van der Waals surface area contributed by atoms with Crippen LogP contribution in [0.15, 0.2) is 41.8 Å².